The number of carbonyl (C=O) groups excluding carboxylic acids is 1. The first-order valence-corrected chi connectivity index (χ1v) is 13.4. The van der Waals surface area contributed by atoms with E-state index in [1.54, 1.807) is 12.1 Å². The van der Waals surface area contributed by atoms with E-state index in [2.05, 4.69) is 6.07 Å². The molecular weight excluding hydrogens is 468 g/mol. The van der Waals surface area contributed by atoms with Crippen LogP contribution in [0.25, 0.3) is 21.9 Å². The van der Waals surface area contributed by atoms with Gasteiger partial charge in [-0.2, -0.15) is 0 Å². The predicted octanol–water partition coefficient (Wildman–Crippen LogP) is 4.38. The highest BCUT2D eigenvalue weighted by Crippen LogP contribution is 2.38. The van der Waals surface area contributed by atoms with Crippen LogP contribution in [0.15, 0.2) is 42.7 Å². The van der Waals surface area contributed by atoms with Crippen LogP contribution in [0.3, 0.4) is 0 Å². The van der Waals surface area contributed by atoms with Crippen molar-refractivity contribution < 1.29 is 13.6 Å². The molecule has 0 saturated carbocycles. The van der Waals surface area contributed by atoms with Gasteiger partial charge in [-0.15, -0.1) is 0 Å². The Hall–Kier alpha value is -3.61. The maximum absolute atomic E-state index is 13.5. The van der Waals surface area contributed by atoms with Gasteiger partial charge in [0.05, 0.1) is 12.0 Å². The minimum Gasteiger partial charge on any atom is -0.460 e. The smallest absolute Gasteiger partial charge is 0.340 e. The van der Waals surface area contributed by atoms with E-state index in [0.717, 1.165) is 71.0 Å². The predicted molar refractivity (Wildman–Crippen MR) is 140 cm³/mol. The van der Waals surface area contributed by atoms with Crippen LogP contribution in [0, 0.1) is 19.8 Å². The number of furan rings is 1. The summed E-state index contributed by atoms with van der Waals surface area (Å²) in [6.45, 7) is 5.68. The Morgan fingerprint density at radius 2 is 1.78 bits per heavy atom. The van der Waals surface area contributed by atoms with Crippen molar-refractivity contribution in [3.63, 3.8) is 0 Å². The number of nitrogens with zero attached hydrogens (tertiary/aromatic N) is 2. The second-order valence-electron chi connectivity index (χ2n) is 11.1. The molecule has 37 heavy (non-hydrogen) atoms. The lowest BCUT2D eigenvalue weighted by Crippen LogP contribution is -2.49. The molecule has 2 bridgehead atoms. The molecule has 0 radical (unpaired) electrons. The first-order valence-electron chi connectivity index (χ1n) is 13.4. The van der Waals surface area contributed by atoms with E-state index in [4.69, 9.17) is 8.83 Å². The topological polar surface area (TPSA) is 85.7 Å². The Kier molecular flexibility index (Phi) is 5.00. The molecule has 5 heterocycles. The molecule has 1 amide bonds. The van der Waals surface area contributed by atoms with Gasteiger partial charge >= 0.3 is 5.63 Å². The van der Waals surface area contributed by atoms with Crippen molar-refractivity contribution in [3.8, 4) is 0 Å². The molecule has 2 atom stereocenters. The van der Waals surface area contributed by atoms with Gasteiger partial charge in [-0.05, 0) is 63.1 Å². The second kappa shape index (κ2) is 8.20. The second-order valence-corrected chi connectivity index (χ2v) is 11.1. The van der Waals surface area contributed by atoms with Crippen molar-refractivity contribution in [2.24, 2.45) is 5.92 Å². The van der Waals surface area contributed by atoms with Gasteiger partial charge in [0.1, 0.15) is 16.9 Å². The molecule has 3 aromatic heterocycles. The number of aromatic nitrogens is 1. The molecular formula is C30H30N2O5. The molecule has 1 aliphatic carbocycles. The number of likely N-dealkylation sites (tertiary alicyclic amines) is 1. The van der Waals surface area contributed by atoms with Crippen LogP contribution in [-0.4, -0.2) is 28.5 Å². The summed E-state index contributed by atoms with van der Waals surface area (Å²) in [4.78, 5) is 40.9. The van der Waals surface area contributed by atoms with E-state index >= 15 is 0 Å². The lowest BCUT2D eigenvalue weighted by Gasteiger charge is -2.42. The van der Waals surface area contributed by atoms with E-state index in [1.165, 1.54) is 5.56 Å². The summed E-state index contributed by atoms with van der Waals surface area (Å²) in [7, 11) is 0. The van der Waals surface area contributed by atoms with Crippen LogP contribution in [-0.2, 0) is 30.6 Å². The van der Waals surface area contributed by atoms with Crippen molar-refractivity contribution in [3.05, 3.63) is 78.7 Å². The number of amides is 1. The first-order chi connectivity index (χ1) is 17.9. The van der Waals surface area contributed by atoms with Crippen molar-refractivity contribution >= 4 is 27.8 Å². The summed E-state index contributed by atoms with van der Waals surface area (Å²) >= 11 is 0. The number of piperidine rings is 1. The lowest BCUT2D eigenvalue weighted by atomic mass is 9.83. The maximum atomic E-state index is 13.5. The number of benzene rings is 1. The summed E-state index contributed by atoms with van der Waals surface area (Å²) in [5.74, 6) is 1.37. The summed E-state index contributed by atoms with van der Waals surface area (Å²) in [6.07, 6.45) is 5.23. The van der Waals surface area contributed by atoms with Gasteiger partial charge in [0, 0.05) is 65.6 Å². The fourth-order valence-electron chi connectivity index (χ4n) is 6.98. The van der Waals surface area contributed by atoms with Crippen molar-refractivity contribution in [2.75, 3.05) is 13.1 Å². The normalized spacial score (nSPS) is 20.8. The molecule has 190 valence electrons. The molecule has 2 aliphatic heterocycles. The van der Waals surface area contributed by atoms with Crippen molar-refractivity contribution in [1.29, 1.82) is 0 Å². The first kappa shape index (κ1) is 22.6. The zero-order valence-electron chi connectivity index (χ0n) is 21.3. The molecule has 0 N–H and O–H groups in total. The zero-order valence-corrected chi connectivity index (χ0v) is 21.3. The number of aryl methyl sites for hydroxylation is 4. The largest absolute Gasteiger partial charge is 0.460 e. The van der Waals surface area contributed by atoms with Gasteiger partial charge in [-0.25, -0.2) is 4.79 Å². The van der Waals surface area contributed by atoms with Crippen LogP contribution < -0.4 is 11.2 Å². The Balaban J connectivity index is 1.24. The van der Waals surface area contributed by atoms with Gasteiger partial charge < -0.3 is 18.3 Å². The summed E-state index contributed by atoms with van der Waals surface area (Å²) in [5, 5.41) is 1.98. The van der Waals surface area contributed by atoms with Crippen molar-refractivity contribution in [1.82, 2.24) is 9.47 Å². The van der Waals surface area contributed by atoms with Gasteiger partial charge in [-0.1, -0.05) is 6.07 Å². The van der Waals surface area contributed by atoms with E-state index in [9.17, 15) is 14.4 Å². The van der Waals surface area contributed by atoms with Gasteiger partial charge in [0.2, 0.25) is 5.91 Å². The third kappa shape index (κ3) is 3.43. The van der Waals surface area contributed by atoms with E-state index in [1.807, 2.05) is 29.4 Å². The van der Waals surface area contributed by atoms with E-state index in [-0.39, 0.29) is 29.7 Å². The third-order valence-electron chi connectivity index (χ3n) is 8.88. The zero-order chi connectivity index (χ0) is 25.4. The van der Waals surface area contributed by atoms with E-state index in [0.29, 0.717) is 30.8 Å². The number of carbonyl (C=O) groups is 1. The van der Waals surface area contributed by atoms with Crippen LogP contribution in [0.1, 0.15) is 58.9 Å². The molecule has 7 rings (SSSR count). The number of rotatable bonds is 2. The minimum absolute atomic E-state index is 0.0196. The standard InChI is InChI=1S/C30H30N2O5/c1-16-21-11-23-20-6-3-4-8-25(20)36-29(23)17(2)28(21)37-30(35)22(16)12-27(34)31-13-18-10-19(15-31)24-7-5-9-26(33)32(24)14-18/h5,7,9,11,18-19H,3-4,6,8,10,12-15H2,1-2H3/t18-,19+/m1/s1. The molecule has 7 nitrogen and oxygen atoms in total. The molecule has 1 aromatic carbocycles. The lowest BCUT2D eigenvalue weighted by molar-refractivity contribution is -0.133. The Labute approximate surface area is 213 Å². The fraction of sp³-hybridized carbons (Fsp3) is 0.433. The molecule has 1 saturated heterocycles. The fourth-order valence-corrected chi connectivity index (χ4v) is 6.98. The average Bonchev–Trinajstić information content (AvgIpc) is 3.27. The average molecular weight is 499 g/mol. The Morgan fingerprint density at radius 3 is 2.65 bits per heavy atom. The highest BCUT2D eigenvalue weighted by Gasteiger charge is 2.36. The highest BCUT2D eigenvalue weighted by atomic mass is 16.4. The highest BCUT2D eigenvalue weighted by molar-refractivity contribution is 6.00. The summed E-state index contributed by atoms with van der Waals surface area (Å²) < 4.78 is 13.9. The van der Waals surface area contributed by atoms with Crippen LogP contribution >= 0.6 is 0 Å². The molecule has 0 spiro atoms. The molecule has 1 fully saturated rings. The van der Waals surface area contributed by atoms with Crippen LogP contribution in [0.2, 0.25) is 0 Å². The number of pyridine rings is 1. The third-order valence-corrected chi connectivity index (χ3v) is 8.88. The van der Waals surface area contributed by atoms with Crippen LogP contribution in [0.4, 0.5) is 0 Å². The number of hydrogen-bond acceptors (Lipinski definition) is 5. The molecule has 4 aromatic rings. The van der Waals surface area contributed by atoms with Gasteiger partial charge in [-0.3, -0.25) is 9.59 Å². The van der Waals surface area contributed by atoms with Crippen LogP contribution in [0.5, 0.6) is 0 Å². The molecule has 7 heteroatoms. The maximum Gasteiger partial charge on any atom is 0.340 e. The van der Waals surface area contributed by atoms with Gasteiger partial charge in [0.15, 0.2) is 0 Å². The SMILES string of the molecule is Cc1c(CC(=O)N2C[C@H]3C[C@@H](C2)c2cccc(=O)n2C3)c(=O)oc2c(C)c3oc4c(c3cc12)CCCC4. The summed E-state index contributed by atoms with van der Waals surface area (Å²) in [6, 6.07) is 7.49. The molecule has 3 aliphatic rings. The number of hydrogen-bond donors (Lipinski definition) is 0. The Morgan fingerprint density at radius 1 is 0.973 bits per heavy atom. The monoisotopic (exact) mass is 498 g/mol. The van der Waals surface area contributed by atoms with Crippen molar-refractivity contribution in [2.45, 2.75) is 64.8 Å². The summed E-state index contributed by atoms with van der Waals surface area (Å²) in [5.41, 5.74) is 5.30. The molecule has 0 unspecified atom stereocenters. The Bertz CT molecular complexity index is 1720. The number of fused-ring (bicyclic) bond motifs is 8. The quantitative estimate of drug-likeness (QED) is 0.383. The minimum atomic E-state index is -0.453. The van der Waals surface area contributed by atoms with Gasteiger partial charge in [0.25, 0.3) is 5.56 Å². The van der Waals surface area contributed by atoms with E-state index < -0.39 is 5.63 Å².